The lowest BCUT2D eigenvalue weighted by Gasteiger charge is -2.41. The molecule has 1 fully saturated rings. The molecule has 0 aliphatic carbocycles. The van der Waals surface area contributed by atoms with Crippen LogP contribution in [-0.4, -0.2) is 99.6 Å². The summed E-state index contributed by atoms with van der Waals surface area (Å²) in [5.41, 5.74) is 0. The minimum absolute atomic E-state index is 0.0990. The molecule has 0 aromatic heterocycles. The summed E-state index contributed by atoms with van der Waals surface area (Å²) in [7, 11) is 0. The zero-order valence-corrected chi connectivity index (χ0v) is 51.4. The number of unbranched alkanes of at least 4 members (excludes halogenated alkanes) is 24. The highest BCUT2D eigenvalue weighted by molar-refractivity contribution is 5.80. The Kier molecular flexibility index (Phi) is 52.8. The lowest BCUT2D eigenvalue weighted by molar-refractivity contribution is -0.305. The van der Waals surface area contributed by atoms with Crippen molar-refractivity contribution in [2.45, 2.75) is 307 Å². The molecule has 1 amide bonds. The molecule has 81 heavy (non-hydrogen) atoms. The highest BCUT2D eigenvalue weighted by Gasteiger charge is 2.47. The van der Waals surface area contributed by atoms with Crippen LogP contribution in [0.2, 0.25) is 0 Å². The second-order valence-electron chi connectivity index (χ2n) is 22.1. The summed E-state index contributed by atoms with van der Waals surface area (Å²) >= 11 is 0. The third kappa shape index (κ3) is 44.5. The Balaban J connectivity index is 2.69. The van der Waals surface area contributed by atoms with Crippen molar-refractivity contribution >= 4 is 11.9 Å². The molecule has 0 saturated carbocycles. The molecule has 1 saturated heterocycles. The lowest BCUT2D eigenvalue weighted by Crippen LogP contribution is -2.61. The third-order valence-electron chi connectivity index (χ3n) is 14.7. The number of hydrogen-bond acceptors (Lipinski definition) is 10. The van der Waals surface area contributed by atoms with Crippen LogP contribution < -0.4 is 5.32 Å². The molecular formula is C70H119NO10. The van der Waals surface area contributed by atoms with E-state index in [0.29, 0.717) is 12.8 Å². The first-order valence-electron chi connectivity index (χ1n) is 32.7. The Labute approximate surface area is 494 Å². The van der Waals surface area contributed by atoms with Crippen LogP contribution in [0.4, 0.5) is 0 Å². The van der Waals surface area contributed by atoms with Crippen molar-refractivity contribution in [2.75, 3.05) is 13.2 Å². The van der Waals surface area contributed by atoms with E-state index in [1.165, 1.54) is 96.3 Å². The van der Waals surface area contributed by atoms with Gasteiger partial charge in [0.05, 0.1) is 25.4 Å². The number of aliphatic hydroxyl groups is 5. The van der Waals surface area contributed by atoms with Gasteiger partial charge in [-0.1, -0.05) is 252 Å². The Bertz CT molecular complexity index is 1730. The molecule has 0 aromatic rings. The summed E-state index contributed by atoms with van der Waals surface area (Å²) in [6.07, 6.45) is 67.0. The number of carbonyl (C=O) groups excluding carboxylic acids is 2. The standard InChI is InChI=1S/C70H119NO10/c1-4-7-10-13-16-19-22-25-27-29-30-31-32-33-34-35-37-40-43-46-49-52-55-58-65(75)81-68-67(77)66(76)64(59-72)80-70(68)79-60-61(62(73)56-53-50-47-44-41-38-24-21-18-15-12-9-6-3)71-69(78)63(74)57-54-51-48-45-42-39-36-28-26-23-20-17-14-11-8-5-2/h16-17,19-20,25-28,30-31,33-34,39,42,48,51,53,56,61-64,66-68,70,72-74,76-77H,4-15,18,21-24,29,32,35-38,40-41,43-47,49-50,52,54-55,57-60H2,1-3H3,(H,71,78)/b19-16-,20-17-,27-25-,28-26-,31-30-,34-33-,42-39-,51-48-,56-53+. The summed E-state index contributed by atoms with van der Waals surface area (Å²) in [5.74, 6) is -1.27. The van der Waals surface area contributed by atoms with Gasteiger partial charge in [-0.15, -0.1) is 0 Å². The summed E-state index contributed by atoms with van der Waals surface area (Å²) in [6, 6.07) is -1.06. The summed E-state index contributed by atoms with van der Waals surface area (Å²) in [6.45, 7) is 5.69. The van der Waals surface area contributed by atoms with Crippen molar-refractivity contribution in [1.82, 2.24) is 5.32 Å². The molecule has 8 unspecified atom stereocenters. The highest BCUT2D eigenvalue weighted by atomic mass is 16.7. The average Bonchev–Trinajstić information content (AvgIpc) is 3.53. The molecular weight excluding hydrogens is 1010 g/mol. The smallest absolute Gasteiger partial charge is 0.306 e. The van der Waals surface area contributed by atoms with E-state index >= 15 is 0 Å². The first-order chi connectivity index (χ1) is 39.7. The van der Waals surface area contributed by atoms with Crippen LogP contribution in [0.5, 0.6) is 0 Å². The topological polar surface area (TPSA) is 175 Å². The first kappa shape index (κ1) is 75.3. The Morgan fingerprint density at radius 1 is 0.481 bits per heavy atom. The second-order valence-corrected chi connectivity index (χ2v) is 22.1. The predicted octanol–water partition coefficient (Wildman–Crippen LogP) is 16.1. The molecule has 0 aromatic carbocycles. The summed E-state index contributed by atoms with van der Waals surface area (Å²) in [4.78, 5) is 26.6. The van der Waals surface area contributed by atoms with Crippen LogP contribution >= 0.6 is 0 Å². The zero-order chi connectivity index (χ0) is 58.9. The van der Waals surface area contributed by atoms with Crippen LogP contribution in [0.25, 0.3) is 0 Å². The van der Waals surface area contributed by atoms with E-state index in [2.05, 4.69) is 111 Å². The molecule has 11 heteroatoms. The molecule has 1 heterocycles. The van der Waals surface area contributed by atoms with Crippen LogP contribution in [0.3, 0.4) is 0 Å². The summed E-state index contributed by atoms with van der Waals surface area (Å²) < 4.78 is 17.6. The normalized spacial score (nSPS) is 19.4. The van der Waals surface area contributed by atoms with E-state index in [4.69, 9.17) is 14.2 Å². The SMILES string of the molecule is CCCCC/C=C\C/C=C\C/C=C\C/C=C\CCCCCCCCCC(=O)OC1C(OCC(NC(=O)C(O)CC/C=C\C/C=C\C/C=C\C/C=C\CCCCC)C(O)/C=C/CCCCCCCCCCCCC)OC(CO)C(O)C1O. The molecule has 0 bridgehead atoms. The van der Waals surface area contributed by atoms with Crippen LogP contribution in [-0.2, 0) is 23.8 Å². The van der Waals surface area contributed by atoms with Crippen LogP contribution in [0.1, 0.15) is 258 Å². The molecule has 1 rings (SSSR count). The van der Waals surface area contributed by atoms with Gasteiger partial charge in [0.1, 0.15) is 24.4 Å². The predicted molar refractivity (Wildman–Crippen MR) is 338 cm³/mol. The van der Waals surface area contributed by atoms with Gasteiger partial charge in [0.25, 0.3) is 0 Å². The van der Waals surface area contributed by atoms with Gasteiger partial charge in [0, 0.05) is 6.42 Å². The number of aliphatic hydroxyl groups excluding tert-OH is 5. The van der Waals surface area contributed by atoms with Gasteiger partial charge in [-0.25, -0.2) is 0 Å². The van der Waals surface area contributed by atoms with E-state index in [1.807, 2.05) is 18.2 Å². The van der Waals surface area contributed by atoms with Gasteiger partial charge in [0.15, 0.2) is 12.4 Å². The van der Waals surface area contributed by atoms with Crippen molar-refractivity contribution in [3.63, 3.8) is 0 Å². The maximum Gasteiger partial charge on any atom is 0.306 e. The number of amides is 1. The number of ether oxygens (including phenoxy) is 3. The van der Waals surface area contributed by atoms with Gasteiger partial charge >= 0.3 is 5.97 Å². The molecule has 0 radical (unpaired) electrons. The second kappa shape index (κ2) is 56.8. The Morgan fingerprint density at radius 3 is 1.30 bits per heavy atom. The molecule has 0 spiro atoms. The maximum atomic E-state index is 13.4. The van der Waals surface area contributed by atoms with Gasteiger partial charge in [-0.05, 0) is 109 Å². The van der Waals surface area contributed by atoms with E-state index < -0.39 is 67.4 Å². The Hall–Kier alpha value is -3.68. The molecule has 6 N–H and O–H groups in total. The fraction of sp³-hybridized carbons (Fsp3) is 0.714. The van der Waals surface area contributed by atoms with Crippen LogP contribution in [0.15, 0.2) is 109 Å². The number of carbonyl (C=O) groups is 2. The van der Waals surface area contributed by atoms with Crippen molar-refractivity contribution in [3.8, 4) is 0 Å². The highest BCUT2D eigenvalue weighted by Crippen LogP contribution is 2.26. The van der Waals surface area contributed by atoms with E-state index in [0.717, 1.165) is 116 Å². The van der Waals surface area contributed by atoms with Crippen LogP contribution in [0, 0.1) is 0 Å². The molecule has 464 valence electrons. The zero-order valence-electron chi connectivity index (χ0n) is 51.4. The molecule has 8 atom stereocenters. The monoisotopic (exact) mass is 1130 g/mol. The number of allylic oxidation sites excluding steroid dienone is 17. The quantitative estimate of drug-likeness (QED) is 0.0195. The van der Waals surface area contributed by atoms with Gasteiger partial charge < -0.3 is 45.1 Å². The largest absolute Gasteiger partial charge is 0.454 e. The Morgan fingerprint density at radius 2 is 0.852 bits per heavy atom. The molecule has 11 nitrogen and oxygen atoms in total. The number of nitrogens with one attached hydrogen (secondary N) is 1. The van der Waals surface area contributed by atoms with Gasteiger partial charge in [-0.3, -0.25) is 9.59 Å². The van der Waals surface area contributed by atoms with E-state index in [9.17, 15) is 35.1 Å². The van der Waals surface area contributed by atoms with Crippen molar-refractivity contribution in [2.24, 2.45) is 0 Å². The third-order valence-corrected chi connectivity index (χ3v) is 14.7. The van der Waals surface area contributed by atoms with Crippen molar-refractivity contribution in [3.05, 3.63) is 109 Å². The number of rotatable bonds is 54. The van der Waals surface area contributed by atoms with Crippen molar-refractivity contribution < 1.29 is 49.3 Å². The van der Waals surface area contributed by atoms with Gasteiger partial charge in [-0.2, -0.15) is 0 Å². The lowest BCUT2D eigenvalue weighted by atomic mass is 9.99. The molecule has 1 aliphatic heterocycles. The maximum absolute atomic E-state index is 13.4. The molecule has 1 aliphatic rings. The average molecular weight is 1130 g/mol. The minimum Gasteiger partial charge on any atom is -0.454 e. The number of hydrogen-bond donors (Lipinski definition) is 6. The van der Waals surface area contributed by atoms with E-state index in [1.54, 1.807) is 6.08 Å². The fourth-order valence-electron chi connectivity index (χ4n) is 9.45. The van der Waals surface area contributed by atoms with Crippen molar-refractivity contribution in [1.29, 1.82) is 0 Å². The number of esters is 1. The van der Waals surface area contributed by atoms with Gasteiger partial charge in [0.2, 0.25) is 5.91 Å². The first-order valence-corrected chi connectivity index (χ1v) is 32.7. The fourth-order valence-corrected chi connectivity index (χ4v) is 9.45. The van der Waals surface area contributed by atoms with E-state index in [-0.39, 0.29) is 19.4 Å². The minimum atomic E-state index is -1.63. The summed E-state index contributed by atoms with van der Waals surface area (Å²) in [5, 5.41) is 57.0.